The summed E-state index contributed by atoms with van der Waals surface area (Å²) in [6, 6.07) is 0. The van der Waals surface area contributed by atoms with Gasteiger partial charge in [0, 0.05) is 62.8 Å². The van der Waals surface area contributed by atoms with Gasteiger partial charge in [0.15, 0.2) is 0 Å². The molecule has 117 heavy (non-hydrogen) atoms. The van der Waals surface area contributed by atoms with E-state index in [0.29, 0.717) is 0 Å². The molecule has 0 aromatic rings. The number of halogens is 6. The maximum Gasteiger partial charge on any atom is 0.110 e. The molecule has 0 aliphatic heterocycles. The molecule has 0 heterocycles. The van der Waals surface area contributed by atoms with Gasteiger partial charge in [-0.25, -0.2) is 0 Å². The van der Waals surface area contributed by atoms with Crippen molar-refractivity contribution in [1.29, 1.82) is 0 Å². The van der Waals surface area contributed by atoms with Gasteiger partial charge >= 0.3 is 0 Å². The van der Waals surface area contributed by atoms with Crippen molar-refractivity contribution in [3.8, 4) is 0 Å². The fourth-order valence-electron chi connectivity index (χ4n) is 15.8. The molecule has 6 unspecified atom stereocenters. The van der Waals surface area contributed by atoms with Gasteiger partial charge in [-0.2, -0.15) is 0 Å². The highest BCUT2D eigenvalue weighted by molar-refractivity contribution is 7.77. The van der Waals surface area contributed by atoms with E-state index < -0.39 is 80.2 Å². The van der Waals surface area contributed by atoms with E-state index in [-0.39, 0.29) is 146 Å². The normalized spacial score (nSPS) is 13.1. The first kappa shape index (κ1) is 148. The summed E-state index contributed by atoms with van der Waals surface area (Å²) in [7, 11) is -5.74. The Hall–Kier alpha value is 5.10. The summed E-state index contributed by atoms with van der Waals surface area (Å²) in [4.78, 5) is 0. The Morgan fingerprint density at radius 1 is 0.162 bits per heavy atom. The van der Waals surface area contributed by atoms with Crippen molar-refractivity contribution in [3.05, 3.63) is 0 Å². The maximum atomic E-state index is 9.87. The van der Waals surface area contributed by atoms with Gasteiger partial charge in [0.25, 0.3) is 0 Å². The largest absolute Gasteiger partial charge is 1.00 e. The summed E-state index contributed by atoms with van der Waals surface area (Å²) in [6.07, 6.45) is 76.7. The first-order valence-corrected chi connectivity index (χ1v) is 63.3. The highest BCUT2D eigenvalue weighted by atomic mass is 127. The Bertz CT molecular complexity index is 1500. The van der Waals surface area contributed by atoms with Crippen molar-refractivity contribution < 1.29 is 168 Å². The number of aliphatic hydroxyl groups excluding tert-OH is 12. The molecule has 0 radical (unpaired) electrons. The molecule has 0 aliphatic rings. The Morgan fingerprint density at radius 3 is 0.342 bits per heavy atom. The van der Waals surface area contributed by atoms with E-state index in [0.717, 1.165) is 37.7 Å². The first-order chi connectivity index (χ1) is 53.3. The van der Waals surface area contributed by atoms with Crippen LogP contribution in [-0.4, -0.2) is 285 Å². The summed E-state index contributed by atoms with van der Waals surface area (Å²) < 4.78 is 0. The standard InChI is InChI=1S/3C16H36O2P.3C15H34O2P.2BrH.2ClH.2HI/c3*1-4-7-11-19(12-8-5-2,13-9-6-3)14-10-16(18)15-17;3*1-4-7-10-18(11-8-5-2,12-9-6-3)14-15(17)13-16;;;;;;/h3*16-18H,4-15H2,1-3H3;3*15-17H,4-14H2,1-3H3;6*1H/q6*+1;;;;;;/p-6. The number of hydrogen-bond acceptors (Lipinski definition) is 12. The molecule has 0 saturated heterocycles. The lowest BCUT2D eigenvalue weighted by molar-refractivity contribution is -0.00100. The fourth-order valence-corrected chi connectivity index (χ4v) is 46.8. The minimum atomic E-state index is -1.03. The van der Waals surface area contributed by atoms with Crippen LogP contribution >= 0.6 is 43.6 Å². The van der Waals surface area contributed by atoms with Gasteiger partial charge in [0.05, 0.1) is 206 Å². The van der Waals surface area contributed by atoms with Crippen molar-refractivity contribution in [2.75, 3.05) is 188 Å². The van der Waals surface area contributed by atoms with Crippen LogP contribution in [0.3, 0.4) is 0 Å². The van der Waals surface area contributed by atoms with E-state index in [9.17, 15) is 30.6 Å². The summed E-state index contributed by atoms with van der Waals surface area (Å²) >= 11 is 0. The van der Waals surface area contributed by atoms with Crippen LogP contribution in [0.5, 0.6) is 0 Å². The zero-order valence-electron chi connectivity index (χ0n) is 80.6. The van der Waals surface area contributed by atoms with Crippen LogP contribution in [0.15, 0.2) is 0 Å². The predicted molar refractivity (Wildman–Crippen MR) is 519 cm³/mol. The number of unbranched alkanes of at least 4 members (excludes halogenated alkanes) is 18. The predicted octanol–water partition coefficient (Wildman–Crippen LogP) is 5.74. The van der Waals surface area contributed by atoms with E-state index in [4.69, 9.17) is 30.6 Å². The van der Waals surface area contributed by atoms with Crippen molar-refractivity contribution in [2.24, 2.45) is 0 Å². The molecule has 0 rings (SSSR count). The van der Waals surface area contributed by atoms with Crippen molar-refractivity contribution >= 4 is 43.6 Å². The van der Waals surface area contributed by atoms with Crippen LogP contribution in [0.1, 0.15) is 375 Å². The minimum absolute atomic E-state index is 0. The third-order valence-electron chi connectivity index (χ3n) is 23.6. The molecule has 0 saturated carbocycles. The average Bonchev–Trinajstić information content (AvgIpc) is 0.875. The third kappa shape index (κ3) is 87.5. The first-order valence-electron chi connectivity index (χ1n) is 48.2. The fraction of sp³-hybridized carbons (Fsp3) is 1.00. The zero-order chi connectivity index (χ0) is 85.3. The molecule has 0 fully saturated rings. The molecule has 0 spiro atoms. The second kappa shape index (κ2) is 106. The molecule has 726 valence electrons. The lowest BCUT2D eigenvalue weighted by Crippen LogP contribution is -3.00. The van der Waals surface area contributed by atoms with Gasteiger partial charge in [-0.1, -0.05) is 240 Å². The molecule has 0 aromatic carbocycles. The third-order valence-corrected chi connectivity index (χ3v) is 53.6. The topological polar surface area (TPSA) is 243 Å². The maximum absolute atomic E-state index is 9.87. The molecule has 24 heteroatoms. The average molecular weight is 2190 g/mol. The van der Waals surface area contributed by atoms with Gasteiger partial charge in [-0.3, -0.25) is 0 Å². The van der Waals surface area contributed by atoms with Gasteiger partial charge in [0.2, 0.25) is 0 Å². The highest BCUT2D eigenvalue weighted by Crippen LogP contribution is 2.65. The summed E-state index contributed by atoms with van der Waals surface area (Å²) in [6.45, 7) is 40.3. The lowest BCUT2D eigenvalue weighted by Gasteiger charge is -2.29. The molecule has 0 amide bonds. The van der Waals surface area contributed by atoms with E-state index in [2.05, 4.69) is 125 Å². The summed E-state index contributed by atoms with van der Waals surface area (Å²) in [5, 5.41) is 113. The smallest absolute Gasteiger partial charge is 0.110 e. The van der Waals surface area contributed by atoms with E-state index in [1.54, 1.807) is 0 Å². The second-order valence-corrected chi connectivity index (χ2v) is 61.1. The second-order valence-electron chi connectivity index (χ2n) is 34.5. The Morgan fingerprint density at radius 2 is 0.256 bits per heavy atom. The van der Waals surface area contributed by atoms with Gasteiger partial charge in [0.1, 0.15) is 18.3 Å². The molecular weight excluding hydrogens is 1980 g/mol. The van der Waals surface area contributed by atoms with Crippen LogP contribution < -0.4 is 107 Å². The Labute approximate surface area is 803 Å². The van der Waals surface area contributed by atoms with Gasteiger partial charge < -0.3 is 168 Å². The molecule has 0 bridgehead atoms. The number of aliphatic hydroxyl groups is 12. The van der Waals surface area contributed by atoms with Crippen LogP contribution in [0.2, 0.25) is 0 Å². The molecule has 12 N–H and O–H groups in total. The quantitative estimate of drug-likeness (QED) is 0.0258. The molecule has 6 atom stereocenters. The number of rotatable bonds is 75. The Balaban J connectivity index is -0.000000112. The minimum Gasteiger partial charge on any atom is -1.00 e. The van der Waals surface area contributed by atoms with Crippen molar-refractivity contribution in [2.45, 2.75) is 412 Å². The van der Waals surface area contributed by atoms with Crippen LogP contribution in [0, 0.1) is 0 Å². The van der Waals surface area contributed by atoms with Crippen LogP contribution in [-0.2, 0) is 0 Å². The monoisotopic (exact) mass is 2190 g/mol. The zero-order valence-corrected chi connectivity index (χ0v) is 94.9. The molecular formula is C93H210Br2Cl2I2O12P6. The summed E-state index contributed by atoms with van der Waals surface area (Å²) in [5.74, 6) is 0. The van der Waals surface area contributed by atoms with Crippen LogP contribution in [0.25, 0.3) is 0 Å². The molecule has 12 nitrogen and oxygen atoms in total. The van der Waals surface area contributed by atoms with Crippen molar-refractivity contribution in [1.82, 2.24) is 0 Å². The summed E-state index contributed by atoms with van der Waals surface area (Å²) in [5.41, 5.74) is 0. The lowest BCUT2D eigenvalue weighted by atomic mass is 10.3. The van der Waals surface area contributed by atoms with E-state index >= 15 is 0 Å². The molecule has 0 aliphatic carbocycles. The SMILES string of the molecule is CCCC[P+](CCCC)(CCCC)CC(O)CO.CCCC[P+](CCCC)(CCCC)CC(O)CO.CCCC[P+](CCCC)(CCCC)CC(O)CO.CCCC[P+](CCCC)(CCCC)CCC(O)CO.CCCC[P+](CCCC)(CCCC)CCC(O)CO.CCCC[P+](CCCC)(CCCC)CCC(O)CO.[Br-].[Br-].[Cl-].[Cl-].[I-].[I-]. The van der Waals surface area contributed by atoms with Crippen LogP contribution in [0.4, 0.5) is 0 Å². The van der Waals surface area contributed by atoms with E-state index in [1.807, 2.05) is 0 Å². The highest BCUT2D eigenvalue weighted by Gasteiger charge is 2.42. The molecule has 0 aromatic heterocycles. The van der Waals surface area contributed by atoms with Crippen molar-refractivity contribution in [3.63, 3.8) is 0 Å². The van der Waals surface area contributed by atoms with Gasteiger partial charge in [-0.05, 0) is 116 Å². The number of hydrogen-bond donors (Lipinski definition) is 12. The Kier molecular flexibility index (Phi) is 134. The van der Waals surface area contributed by atoms with Gasteiger partial charge in [-0.15, -0.1) is 0 Å². The van der Waals surface area contributed by atoms with E-state index in [1.165, 1.54) is 361 Å².